The summed E-state index contributed by atoms with van der Waals surface area (Å²) in [6.07, 6.45) is 1.86. The molecule has 6 nitrogen and oxygen atoms in total. The van der Waals surface area contributed by atoms with E-state index < -0.39 is 15.4 Å². The Bertz CT molecular complexity index is 1320. The van der Waals surface area contributed by atoms with Crippen molar-refractivity contribution in [1.29, 1.82) is 0 Å². The highest BCUT2D eigenvalue weighted by Crippen LogP contribution is 2.32. The molecule has 0 radical (unpaired) electrons. The Labute approximate surface area is 177 Å². The third kappa shape index (κ3) is 3.66. The smallest absolute Gasteiger partial charge is 0.265 e. The molecule has 1 saturated heterocycles. The SMILES string of the molecule is O=c1c2ccccc2c(C=N[C@@H]2CCS(=O)(=O)C2)c(O)n1-c1cccc(Cl)c1Cl. The highest BCUT2D eigenvalue weighted by molar-refractivity contribution is 7.91. The molecule has 0 unspecified atom stereocenters. The Morgan fingerprint density at radius 2 is 1.83 bits per heavy atom. The molecule has 3 aromatic rings. The molecule has 0 bridgehead atoms. The van der Waals surface area contributed by atoms with Crippen LogP contribution < -0.4 is 5.56 Å². The van der Waals surface area contributed by atoms with E-state index in [1.807, 2.05) is 0 Å². The zero-order valence-electron chi connectivity index (χ0n) is 15.0. The number of halogens is 2. The zero-order valence-corrected chi connectivity index (χ0v) is 17.4. The van der Waals surface area contributed by atoms with Crippen LogP contribution >= 0.6 is 23.2 Å². The van der Waals surface area contributed by atoms with Crippen molar-refractivity contribution in [2.75, 3.05) is 11.5 Å². The predicted molar refractivity (Wildman–Crippen MR) is 116 cm³/mol. The summed E-state index contributed by atoms with van der Waals surface area (Å²) in [4.78, 5) is 17.5. The Morgan fingerprint density at radius 1 is 1.10 bits per heavy atom. The van der Waals surface area contributed by atoms with Crippen LogP contribution in [0, 0.1) is 0 Å². The number of rotatable bonds is 3. The fourth-order valence-corrected chi connectivity index (χ4v) is 5.47. The summed E-state index contributed by atoms with van der Waals surface area (Å²) in [7, 11) is -3.08. The van der Waals surface area contributed by atoms with Gasteiger partial charge in [-0.15, -0.1) is 0 Å². The topological polar surface area (TPSA) is 88.7 Å². The van der Waals surface area contributed by atoms with Gasteiger partial charge in [0.05, 0.1) is 38.8 Å². The maximum absolute atomic E-state index is 13.1. The molecule has 2 heterocycles. The van der Waals surface area contributed by atoms with E-state index in [1.165, 1.54) is 6.21 Å². The largest absolute Gasteiger partial charge is 0.494 e. The van der Waals surface area contributed by atoms with Gasteiger partial charge in [0.2, 0.25) is 5.88 Å². The number of aromatic hydroxyl groups is 1. The molecule has 0 spiro atoms. The first-order valence-electron chi connectivity index (χ1n) is 8.83. The van der Waals surface area contributed by atoms with Gasteiger partial charge in [0.25, 0.3) is 5.56 Å². The van der Waals surface area contributed by atoms with Crippen molar-refractivity contribution in [1.82, 2.24) is 4.57 Å². The molecule has 0 saturated carbocycles. The fourth-order valence-electron chi connectivity index (χ4n) is 3.45. The normalized spacial score (nSPS) is 18.6. The van der Waals surface area contributed by atoms with Crippen molar-refractivity contribution >= 4 is 50.0 Å². The molecule has 1 fully saturated rings. The van der Waals surface area contributed by atoms with Crippen LogP contribution in [-0.4, -0.2) is 41.9 Å². The van der Waals surface area contributed by atoms with Gasteiger partial charge in [-0.05, 0) is 24.6 Å². The van der Waals surface area contributed by atoms with Gasteiger partial charge in [-0.25, -0.2) is 13.0 Å². The van der Waals surface area contributed by atoms with Gasteiger partial charge in [-0.1, -0.05) is 47.5 Å². The minimum Gasteiger partial charge on any atom is -0.494 e. The maximum atomic E-state index is 13.1. The Hall–Kier alpha value is -2.35. The van der Waals surface area contributed by atoms with Crippen LogP contribution in [0.3, 0.4) is 0 Å². The third-order valence-corrected chi connectivity index (χ3v) is 7.46. The van der Waals surface area contributed by atoms with Crippen molar-refractivity contribution in [3.05, 3.63) is 68.4 Å². The first-order valence-corrected chi connectivity index (χ1v) is 11.4. The van der Waals surface area contributed by atoms with E-state index in [2.05, 4.69) is 4.99 Å². The van der Waals surface area contributed by atoms with Gasteiger partial charge in [0, 0.05) is 17.0 Å². The maximum Gasteiger partial charge on any atom is 0.265 e. The Kier molecular flexibility index (Phi) is 5.14. The molecule has 150 valence electrons. The lowest BCUT2D eigenvalue weighted by Crippen LogP contribution is -2.20. The van der Waals surface area contributed by atoms with Crippen LogP contribution in [0.4, 0.5) is 0 Å². The molecule has 1 aromatic heterocycles. The lowest BCUT2D eigenvalue weighted by atomic mass is 10.1. The number of hydrogen-bond acceptors (Lipinski definition) is 5. The Morgan fingerprint density at radius 3 is 2.52 bits per heavy atom. The average Bonchev–Trinajstić information content (AvgIpc) is 3.04. The number of nitrogens with zero attached hydrogens (tertiary/aromatic N) is 2. The van der Waals surface area contributed by atoms with Crippen molar-refractivity contribution in [3.8, 4) is 11.6 Å². The highest BCUT2D eigenvalue weighted by atomic mass is 35.5. The van der Waals surface area contributed by atoms with E-state index in [-0.39, 0.29) is 39.2 Å². The summed E-state index contributed by atoms with van der Waals surface area (Å²) >= 11 is 12.4. The van der Waals surface area contributed by atoms with Crippen molar-refractivity contribution in [2.24, 2.45) is 4.99 Å². The lowest BCUT2D eigenvalue weighted by Gasteiger charge is -2.15. The second kappa shape index (κ2) is 7.48. The molecule has 2 aromatic carbocycles. The number of fused-ring (bicyclic) bond motifs is 1. The number of aromatic nitrogens is 1. The van der Waals surface area contributed by atoms with E-state index in [0.29, 0.717) is 22.8 Å². The third-order valence-electron chi connectivity index (χ3n) is 4.90. The monoisotopic (exact) mass is 450 g/mol. The first-order chi connectivity index (χ1) is 13.8. The van der Waals surface area contributed by atoms with Crippen molar-refractivity contribution < 1.29 is 13.5 Å². The minimum atomic E-state index is -3.08. The molecule has 1 atom stereocenters. The molecule has 29 heavy (non-hydrogen) atoms. The van der Waals surface area contributed by atoms with Crippen molar-refractivity contribution in [2.45, 2.75) is 12.5 Å². The van der Waals surface area contributed by atoms with E-state index in [4.69, 9.17) is 23.2 Å². The van der Waals surface area contributed by atoms with Crippen LogP contribution in [0.2, 0.25) is 10.0 Å². The molecule has 1 N–H and O–H groups in total. The summed E-state index contributed by atoms with van der Waals surface area (Å²) in [5, 5.41) is 12.2. The van der Waals surface area contributed by atoms with Gasteiger partial charge < -0.3 is 5.11 Å². The van der Waals surface area contributed by atoms with E-state index in [1.54, 1.807) is 42.5 Å². The summed E-state index contributed by atoms with van der Waals surface area (Å²) < 4.78 is 24.5. The van der Waals surface area contributed by atoms with Crippen LogP contribution in [0.25, 0.3) is 16.5 Å². The van der Waals surface area contributed by atoms with Gasteiger partial charge in [0.1, 0.15) is 0 Å². The number of sulfone groups is 1. The summed E-state index contributed by atoms with van der Waals surface area (Å²) in [6.45, 7) is 0. The van der Waals surface area contributed by atoms with Crippen molar-refractivity contribution in [3.63, 3.8) is 0 Å². The number of aliphatic imine (C=N–C) groups is 1. The molecule has 0 aliphatic carbocycles. The molecular formula is C20H16Cl2N2O4S. The number of hydrogen-bond donors (Lipinski definition) is 1. The van der Waals surface area contributed by atoms with Crippen LogP contribution in [-0.2, 0) is 9.84 Å². The first kappa shape index (κ1) is 19.9. The van der Waals surface area contributed by atoms with Crippen LogP contribution in [0.5, 0.6) is 5.88 Å². The standard InChI is InChI=1S/C20H16Cl2N2O4S/c21-16-6-3-7-17(18(16)22)24-19(25)14-5-2-1-4-13(14)15(20(24)26)10-23-12-8-9-29(27,28)11-12/h1-7,10,12,26H,8-9,11H2/t12-/m1/s1. The van der Waals surface area contributed by atoms with Gasteiger partial charge in [-0.3, -0.25) is 9.79 Å². The molecular weight excluding hydrogens is 435 g/mol. The second-order valence-electron chi connectivity index (χ2n) is 6.83. The van der Waals surface area contributed by atoms with E-state index in [0.717, 1.165) is 4.57 Å². The van der Waals surface area contributed by atoms with Crippen LogP contribution in [0.1, 0.15) is 12.0 Å². The highest BCUT2D eigenvalue weighted by Gasteiger charge is 2.27. The Balaban J connectivity index is 1.95. The summed E-state index contributed by atoms with van der Waals surface area (Å²) in [6, 6.07) is 11.2. The molecule has 9 heteroatoms. The quantitative estimate of drug-likeness (QED) is 0.617. The molecule has 0 amide bonds. The molecule has 1 aliphatic heterocycles. The predicted octanol–water partition coefficient (Wildman–Crippen LogP) is 3.61. The molecule has 4 rings (SSSR count). The number of pyridine rings is 1. The number of benzene rings is 2. The van der Waals surface area contributed by atoms with E-state index in [9.17, 15) is 18.3 Å². The molecule has 1 aliphatic rings. The van der Waals surface area contributed by atoms with E-state index >= 15 is 0 Å². The minimum absolute atomic E-state index is 0.0258. The summed E-state index contributed by atoms with van der Waals surface area (Å²) in [5.41, 5.74) is 0.0916. The van der Waals surface area contributed by atoms with Crippen LogP contribution in [0.15, 0.2) is 52.3 Å². The van der Waals surface area contributed by atoms with Gasteiger partial charge in [0.15, 0.2) is 9.84 Å². The fraction of sp³-hybridized carbons (Fsp3) is 0.200. The average molecular weight is 451 g/mol. The van der Waals surface area contributed by atoms with Gasteiger partial charge >= 0.3 is 0 Å². The lowest BCUT2D eigenvalue weighted by molar-refractivity contribution is 0.436. The second-order valence-corrected chi connectivity index (χ2v) is 9.85. The van der Waals surface area contributed by atoms with Gasteiger partial charge in [-0.2, -0.15) is 0 Å². The summed E-state index contributed by atoms with van der Waals surface area (Å²) in [5.74, 6) is -0.274. The zero-order chi connectivity index (χ0) is 20.8.